The van der Waals surface area contributed by atoms with Gasteiger partial charge in [0.15, 0.2) is 0 Å². The zero-order valence-electron chi connectivity index (χ0n) is 23.7. The van der Waals surface area contributed by atoms with Gasteiger partial charge in [-0.3, -0.25) is 4.90 Å². The Hall–Kier alpha value is -2.65. The van der Waals surface area contributed by atoms with Crippen LogP contribution in [0.4, 0.5) is 28.8 Å². The lowest BCUT2D eigenvalue weighted by Gasteiger charge is -2.41. The van der Waals surface area contributed by atoms with Crippen molar-refractivity contribution in [3.05, 3.63) is 52.6 Å². The van der Waals surface area contributed by atoms with Crippen molar-refractivity contribution in [2.75, 3.05) is 75.2 Å². The third-order valence-electron chi connectivity index (χ3n) is 7.72. The molecule has 9 nitrogen and oxygen atoms in total. The molecular weight excluding hydrogens is 589 g/mol. The summed E-state index contributed by atoms with van der Waals surface area (Å²) in [7, 11) is -0.790. The Balaban J connectivity index is 1.32. The lowest BCUT2D eigenvalue weighted by Crippen LogP contribution is -2.52. The highest BCUT2D eigenvalue weighted by atomic mass is 79.9. The van der Waals surface area contributed by atoms with Gasteiger partial charge in [0.1, 0.15) is 18.7 Å². The van der Waals surface area contributed by atoms with Crippen molar-refractivity contribution in [1.82, 2.24) is 20.2 Å². The predicted octanol–water partition coefficient (Wildman–Crippen LogP) is 5.17. The van der Waals surface area contributed by atoms with Crippen molar-refractivity contribution in [3.8, 4) is 5.75 Å². The average molecular weight is 629 g/mol. The fraction of sp³-hybridized carbons (Fsp3) is 0.448. The third-order valence-corrected chi connectivity index (χ3v) is 9.85. The average Bonchev–Trinajstić information content (AvgIpc) is 2.95. The van der Waals surface area contributed by atoms with Gasteiger partial charge in [-0.2, -0.15) is 4.98 Å². The molecule has 0 saturated carbocycles. The lowest BCUT2D eigenvalue weighted by molar-refractivity contribution is 0.150. The number of para-hydroxylation sites is 1. The fourth-order valence-corrected chi connectivity index (χ4v) is 7.06. The van der Waals surface area contributed by atoms with Gasteiger partial charge < -0.3 is 30.2 Å². The van der Waals surface area contributed by atoms with Gasteiger partial charge in [0.2, 0.25) is 5.95 Å². The van der Waals surface area contributed by atoms with E-state index in [1.54, 1.807) is 26.6 Å². The van der Waals surface area contributed by atoms with Crippen LogP contribution in [0.1, 0.15) is 18.4 Å². The Morgan fingerprint density at radius 2 is 1.77 bits per heavy atom. The number of piperazine rings is 1. The number of rotatable bonds is 8. The van der Waals surface area contributed by atoms with Crippen molar-refractivity contribution in [3.63, 3.8) is 0 Å². The Kier molecular flexibility index (Phi) is 9.00. The van der Waals surface area contributed by atoms with Crippen LogP contribution in [0.5, 0.6) is 5.75 Å². The normalized spacial score (nSPS) is 17.1. The Labute approximate surface area is 245 Å². The molecule has 3 aromatic rings. The summed E-state index contributed by atoms with van der Waals surface area (Å²) in [6.45, 7) is 12.2. The molecule has 0 unspecified atom stereocenters. The molecule has 40 heavy (non-hydrogen) atoms. The largest absolute Gasteiger partial charge is 0.494 e. The van der Waals surface area contributed by atoms with Gasteiger partial charge >= 0.3 is 0 Å². The number of hydrogen-bond acceptors (Lipinski definition) is 9. The highest BCUT2D eigenvalue weighted by Gasteiger charge is 2.27. The zero-order valence-corrected chi connectivity index (χ0v) is 26.2. The molecule has 0 radical (unpaired) electrons. The van der Waals surface area contributed by atoms with E-state index in [4.69, 9.17) is 9.72 Å². The second-order valence-corrected chi connectivity index (χ2v) is 14.9. The number of nitrogens with zero attached hydrogens (tertiary/aromatic N) is 4. The molecule has 0 bridgehead atoms. The van der Waals surface area contributed by atoms with Crippen LogP contribution in [0.25, 0.3) is 0 Å². The number of nitrogens with one attached hydrogen (secondary N) is 3. The molecule has 2 saturated heterocycles. The van der Waals surface area contributed by atoms with Gasteiger partial charge in [-0.25, -0.2) is 4.98 Å². The van der Waals surface area contributed by atoms with Gasteiger partial charge in [-0.05, 0) is 72.8 Å². The van der Waals surface area contributed by atoms with E-state index in [0.717, 1.165) is 61.7 Å². The molecule has 3 N–H and O–H groups in total. The maximum atomic E-state index is 12.8. The molecule has 0 amide bonds. The van der Waals surface area contributed by atoms with Crippen molar-refractivity contribution < 1.29 is 9.30 Å². The number of aromatic nitrogens is 2. The maximum Gasteiger partial charge on any atom is 0.229 e. The van der Waals surface area contributed by atoms with Gasteiger partial charge in [-0.15, -0.1) is 0 Å². The number of anilines is 5. The second kappa shape index (κ2) is 12.5. The van der Waals surface area contributed by atoms with Crippen LogP contribution in [0.3, 0.4) is 0 Å². The van der Waals surface area contributed by atoms with E-state index >= 15 is 0 Å². The van der Waals surface area contributed by atoms with E-state index in [1.807, 2.05) is 24.3 Å². The van der Waals surface area contributed by atoms with Crippen LogP contribution in [-0.2, 0) is 4.57 Å². The van der Waals surface area contributed by atoms with Crippen LogP contribution in [0.2, 0.25) is 0 Å². The van der Waals surface area contributed by atoms with E-state index in [0.29, 0.717) is 22.3 Å². The monoisotopic (exact) mass is 627 g/mol. The minimum Gasteiger partial charge on any atom is -0.494 e. The van der Waals surface area contributed by atoms with Gasteiger partial charge in [0.05, 0.1) is 23.0 Å². The van der Waals surface area contributed by atoms with Crippen LogP contribution in [0.15, 0.2) is 47.1 Å². The summed E-state index contributed by atoms with van der Waals surface area (Å²) in [5.41, 5.74) is 3.95. The van der Waals surface area contributed by atoms with E-state index in [-0.39, 0.29) is 0 Å². The fourth-order valence-electron chi connectivity index (χ4n) is 5.62. The maximum absolute atomic E-state index is 12.8. The first-order valence-corrected chi connectivity index (χ1v) is 17.2. The SMILES string of the molecule is COc1cc(N2CCC(N3CCNCC3)CC2)c(C)cc1Nc1ncc(Br)c(Nc2ccccc2P(C)(C)=O)n1. The molecule has 2 fully saturated rings. The topological polar surface area (TPSA) is 94.6 Å². The molecule has 2 aliphatic heterocycles. The first-order chi connectivity index (χ1) is 19.2. The van der Waals surface area contributed by atoms with Gasteiger partial charge in [-0.1, -0.05) is 12.1 Å². The smallest absolute Gasteiger partial charge is 0.229 e. The minimum absolute atomic E-state index is 0.432. The number of piperidine rings is 1. The number of ether oxygens (including phenoxy) is 1. The van der Waals surface area contributed by atoms with Crippen molar-refractivity contribution in [2.24, 2.45) is 0 Å². The molecule has 2 aliphatic rings. The number of aryl methyl sites for hydroxylation is 1. The number of methoxy groups -OCH3 is 1. The molecule has 2 aromatic carbocycles. The predicted molar refractivity (Wildman–Crippen MR) is 169 cm³/mol. The molecule has 0 aliphatic carbocycles. The second-order valence-electron chi connectivity index (χ2n) is 10.9. The molecule has 1 aromatic heterocycles. The van der Waals surface area contributed by atoms with E-state index in [9.17, 15) is 4.57 Å². The summed E-state index contributed by atoms with van der Waals surface area (Å²) < 4.78 is 19.3. The molecular formula is C29H39BrN7O2P. The van der Waals surface area contributed by atoms with Crippen LogP contribution in [0, 0.1) is 6.92 Å². The highest BCUT2D eigenvalue weighted by Crippen LogP contribution is 2.39. The summed E-state index contributed by atoms with van der Waals surface area (Å²) in [5.74, 6) is 1.76. The lowest BCUT2D eigenvalue weighted by atomic mass is 10.0. The van der Waals surface area contributed by atoms with Crippen LogP contribution >= 0.6 is 23.1 Å². The minimum atomic E-state index is -2.48. The molecule has 3 heterocycles. The third kappa shape index (κ3) is 6.62. The molecule has 5 rings (SSSR count). The van der Waals surface area contributed by atoms with E-state index in [1.165, 1.54) is 24.1 Å². The van der Waals surface area contributed by atoms with Crippen molar-refractivity contribution in [2.45, 2.75) is 25.8 Å². The number of hydrogen-bond donors (Lipinski definition) is 3. The van der Waals surface area contributed by atoms with Crippen molar-refractivity contribution >= 4 is 57.2 Å². The Morgan fingerprint density at radius 1 is 1.05 bits per heavy atom. The first-order valence-electron chi connectivity index (χ1n) is 13.8. The molecule has 214 valence electrons. The Morgan fingerprint density at radius 3 is 2.48 bits per heavy atom. The number of halogens is 1. The van der Waals surface area contributed by atoms with Crippen LogP contribution < -0.4 is 30.9 Å². The summed E-state index contributed by atoms with van der Waals surface area (Å²) in [4.78, 5) is 14.3. The molecule has 0 atom stereocenters. The van der Waals surface area contributed by atoms with Gasteiger partial charge in [0.25, 0.3) is 0 Å². The Bertz CT molecular complexity index is 1380. The van der Waals surface area contributed by atoms with E-state index in [2.05, 4.69) is 65.7 Å². The quantitative estimate of drug-likeness (QED) is 0.293. The van der Waals surface area contributed by atoms with Gasteiger partial charge in [0, 0.05) is 68.6 Å². The zero-order chi connectivity index (χ0) is 28.3. The summed E-state index contributed by atoms with van der Waals surface area (Å²) in [6.07, 6.45) is 4.06. The molecule has 0 spiro atoms. The standard InChI is InChI=1S/C29H39BrN7O2P/c1-20-17-24(26(39-2)18-25(20)37-13-9-21(10-14-37)36-15-11-31-12-16-36)34-29-32-19-22(30)28(35-29)33-23-7-5-6-8-27(23)40(3,4)38/h5-8,17-19,21,31H,9-16H2,1-4H3,(H2,32,33,34,35). The van der Waals surface area contributed by atoms with Crippen molar-refractivity contribution in [1.29, 1.82) is 0 Å². The van der Waals surface area contributed by atoms with Crippen LogP contribution in [-0.4, -0.2) is 80.6 Å². The summed E-state index contributed by atoms with van der Waals surface area (Å²) in [5, 5.41) is 10.9. The van der Waals surface area contributed by atoms with E-state index < -0.39 is 7.14 Å². The number of benzene rings is 2. The highest BCUT2D eigenvalue weighted by molar-refractivity contribution is 9.10. The molecule has 11 heteroatoms. The summed E-state index contributed by atoms with van der Waals surface area (Å²) >= 11 is 3.55. The first kappa shape index (κ1) is 28.9. The summed E-state index contributed by atoms with van der Waals surface area (Å²) in [6, 6.07) is 12.5.